The zero-order valence-electron chi connectivity index (χ0n) is 15.2. The van der Waals surface area contributed by atoms with Crippen LogP contribution in [0, 0.1) is 0 Å². The van der Waals surface area contributed by atoms with Crippen LogP contribution in [-0.4, -0.2) is 37.2 Å². The van der Waals surface area contributed by atoms with E-state index < -0.39 is 14.6 Å². The smallest absolute Gasteiger partial charge is 0.319 e. The largest absolute Gasteiger partial charge is 0.384 e. The summed E-state index contributed by atoms with van der Waals surface area (Å²) in [4.78, 5) is 20.1. The molecule has 0 atom stereocenters. The zero-order valence-corrected chi connectivity index (χ0v) is 16.0. The molecular weight excluding hydrogens is 354 g/mol. The number of amides is 2. The van der Waals surface area contributed by atoms with Crippen molar-refractivity contribution in [2.75, 3.05) is 23.9 Å². The normalized spacial score (nSPS) is 11.8. The van der Waals surface area contributed by atoms with Crippen molar-refractivity contribution in [3.05, 3.63) is 36.0 Å². The van der Waals surface area contributed by atoms with Gasteiger partial charge in [-0.05, 0) is 45.0 Å². The number of rotatable bonds is 5. The van der Waals surface area contributed by atoms with Gasteiger partial charge in [0.05, 0.1) is 5.69 Å². The van der Waals surface area contributed by atoms with E-state index in [0.29, 0.717) is 29.3 Å². The van der Waals surface area contributed by atoms with Gasteiger partial charge in [-0.15, -0.1) is 0 Å². The van der Waals surface area contributed by atoms with E-state index in [9.17, 15) is 13.2 Å². The lowest BCUT2D eigenvalue weighted by Crippen LogP contribution is -2.29. The summed E-state index contributed by atoms with van der Waals surface area (Å²) in [6.07, 6.45) is 1.16. The molecule has 0 spiro atoms. The van der Waals surface area contributed by atoms with Crippen LogP contribution in [0.5, 0.6) is 0 Å². The molecule has 4 N–H and O–H groups in total. The summed E-state index contributed by atoms with van der Waals surface area (Å²) < 4.78 is 22.9. The number of urea groups is 1. The van der Waals surface area contributed by atoms with Crippen molar-refractivity contribution < 1.29 is 13.2 Å². The predicted molar refractivity (Wildman–Crippen MR) is 102 cm³/mol. The van der Waals surface area contributed by atoms with Crippen molar-refractivity contribution in [1.82, 2.24) is 15.3 Å². The zero-order chi connectivity index (χ0) is 19.5. The van der Waals surface area contributed by atoms with E-state index in [-0.39, 0.29) is 11.8 Å². The molecule has 2 aromatic rings. The fourth-order valence-corrected chi connectivity index (χ4v) is 2.62. The average Bonchev–Trinajstić information content (AvgIpc) is 2.54. The summed E-state index contributed by atoms with van der Waals surface area (Å²) in [5.74, 6) is 0.507. The quantitative estimate of drug-likeness (QED) is 0.732. The van der Waals surface area contributed by atoms with Gasteiger partial charge in [-0.1, -0.05) is 0 Å². The van der Waals surface area contributed by atoms with E-state index in [4.69, 9.17) is 5.73 Å². The van der Waals surface area contributed by atoms with Gasteiger partial charge in [0, 0.05) is 30.1 Å². The van der Waals surface area contributed by atoms with Crippen molar-refractivity contribution in [3.63, 3.8) is 0 Å². The van der Waals surface area contributed by atoms with Crippen molar-refractivity contribution in [1.29, 1.82) is 0 Å². The summed E-state index contributed by atoms with van der Waals surface area (Å²) in [7, 11) is -3.40. The Morgan fingerprint density at radius 3 is 2.35 bits per heavy atom. The Balaban J connectivity index is 2.36. The van der Waals surface area contributed by atoms with E-state index >= 15 is 0 Å². The van der Waals surface area contributed by atoms with Gasteiger partial charge in [0.2, 0.25) is 0 Å². The number of carbonyl (C=O) groups excluding carboxylic acids is 1. The van der Waals surface area contributed by atoms with E-state index in [2.05, 4.69) is 20.6 Å². The molecule has 0 aliphatic carbocycles. The number of aromatic nitrogens is 2. The van der Waals surface area contributed by atoms with E-state index in [0.717, 1.165) is 6.26 Å². The fraction of sp³-hybridized carbons (Fsp3) is 0.353. The van der Waals surface area contributed by atoms with Crippen molar-refractivity contribution in [3.8, 4) is 11.4 Å². The number of nitrogens with one attached hydrogen (secondary N) is 2. The minimum absolute atomic E-state index is 0.186. The van der Waals surface area contributed by atoms with Gasteiger partial charge in [-0.25, -0.2) is 23.2 Å². The van der Waals surface area contributed by atoms with E-state index in [1.54, 1.807) is 38.1 Å². The second kappa shape index (κ2) is 7.28. The first-order valence-electron chi connectivity index (χ1n) is 8.04. The first-order valence-corrected chi connectivity index (χ1v) is 9.93. The SMILES string of the molecule is CCNC(=O)Nc1ccc(-c2nc(N)cc(C(C)(C)S(C)(=O)=O)n2)cc1. The van der Waals surface area contributed by atoms with Crippen LogP contribution in [0.25, 0.3) is 11.4 Å². The number of hydrogen-bond donors (Lipinski definition) is 3. The van der Waals surface area contributed by atoms with Crippen LogP contribution < -0.4 is 16.4 Å². The van der Waals surface area contributed by atoms with Crippen molar-refractivity contribution >= 4 is 27.4 Å². The first kappa shape index (κ1) is 19.6. The number of nitrogens with zero attached hydrogens (tertiary/aromatic N) is 2. The summed E-state index contributed by atoms with van der Waals surface area (Å²) in [5.41, 5.74) is 7.45. The summed E-state index contributed by atoms with van der Waals surface area (Å²) >= 11 is 0. The molecule has 26 heavy (non-hydrogen) atoms. The second-order valence-corrected chi connectivity index (χ2v) is 8.91. The predicted octanol–water partition coefficient (Wildman–Crippen LogP) is 2.15. The molecule has 9 heteroatoms. The molecule has 140 valence electrons. The lowest BCUT2D eigenvalue weighted by Gasteiger charge is -2.22. The Kier molecular flexibility index (Phi) is 5.50. The lowest BCUT2D eigenvalue weighted by molar-refractivity contribution is 0.252. The van der Waals surface area contributed by atoms with Crippen LogP contribution in [0.1, 0.15) is 26.5 Å². The Labute approximate surface area is 153 Å². The first-order chi connectivity index (χ1) is 12.0. The molecule has 2 amide bonds. The average molecular weight is 377 g/mol. The van der Waals surface area contributed by atoms with Gasteiger partial charge in [0.15, 0.2) is 15.7 Å². The van der Waals surface area contributed by atoms with Gasteiger partial charge < -0.3 is 16.4 Å². The van der Waals surface area contributed by atoms with Gasteiger partial charge in [0.1, 0.15) is 10.6 Å². The van der Waals surface area contributed by atoms with Crippen molar-refractivity contribution in [2.45, 2.75) is 25.5 Å². The molecule has 0 bridgehead atoms. The van der Waals surface area contributed by atoms with Crippen LogP contribution in [0.4, 0.5) is 16.3 Å². The number of hydrogen-bond acceptors (Lipinski definition) is 6. The van der Waals surface area contributed by atoms with Crippen LogP contribution >= 0.6 is 0 Å². The Hall–Kier alpha value is -2.68. The molecule has 0 radical (unpaired) electrons. The molecule has 0 saturated heterocycles. The standard InChI is InChI=1S/C17H23N5O3S/c1-5-19-16(23)20-12-8-6-11(7-9-12)15-21-13(10-14(18)22-15)17(2,3)26(4,24)25/h6-10H,5H2,1-4H3,(H2,18,21,22)(H2,19,20,23). The van der Waals surface area contributed by atoms with Crippen molar-refractivity contribution in [2.24, 2.45) is 0 Å². The van der Waals surface area contributed by atoms with E-state index in [1.165, 1.54) is 6.07 Å². The molecule has 0 aliphatic rings. The molecular formula is C17H23N5O3S. The Morgan fingerprint density at radius 1 is 1.19 bits per heavy atom. The number of benzene rings is 1. The molecule has 8 nitrogen and oxygen atoms in total. The topological polar surface area (TPSA) is 127 Å². The van der Waals surface area contributed by atoms with Crippen LogP contribution in [0.3, 0.4) is 0 Å². The maximum atomic E-state index is 12.1. The molecule has 0 unspecified atom stereocenters. The Bertz CT molecular complexity index is 908. The van der Waals surface area contributed by atoms with Crippen LogP contribution in [0.2, 0.25) is 0 Å². The highest BCUT2D eigenvalue weighted by Crippen LogP contribution is 2.30. The molecule has 1 heterocycles. The maximum absolute atomic E-state index is 12.1. The van der Waals surface area contributed by atoms with Gasteiger partial charge >= 0.3 is 6.03 Å². The number of sulfone groups is 1. The van der Waals surface area contributed by atoms with E-state index in [1.807, 2.05) is 6.92 Å². The Morgan fingerprint density at radius 2 is 1.81 bits per heavy atom. The second-order valence-electron chi connectivity index (χ2n) is 6.35. The van der Waals surface area contributed by atoms with Gasteiger partial charge in [-0.3, -0.25) is 0 Å². The van der Waals surface area contributed by atoms with Gasteiger partial charge in [-0.2, -0.15) is 0 Å². The van der Waals surface area contributed by atoms with Gasteiger partial charge in [0.25, 0.3) is 0 Å². The number of carbonyl (C=O) groups is 1. The molecule has 0 aliphatic heterocycles. The molecule has 1 aromatic heterocycles. The molecule has 1 aromatic carbocycles. The lowest BCUT2D eigenvalue weighted by atomic mass is 10.1. The maximum Gasteiger partial charge on any atom is 0.319 e. The highest BCUT2D eigenvalue weighted by molar-refractivity contribution is 7.91. The molecule has 2 rings (SSSR count). The third-order valence-corrected chi connectivity index (χ3v) is 6.09. The number of nitrogens with two attached hydrogens (primary N) is 1. The summed E-state index contributed by atoms with van der Waals surface area (Å²) in [5, 5.41) is 5.33. The fourth-order valence-electron chi connectivity index (χ4n) is 2.13. The van der Waals surface area contributed by atoms with Crippen LogP contribution in [0.15, 0.2) is 30.3 Å². The molecule has 0 fully saturated rings. The summed E-state index contributed by atoms with van der Waals surface area (Å²) in [6.45, 7) is 5.51. The monoisotopic (exact) mass is 377 g/mol. The molecule has 0 saturated carbocycles. The number of nitrogen functional groups attached to an aromatic ring is 1. The van der Waals surface area contributed by atoms with Crippen LogP contribution in [-0.2, 0) is 14.6 Å². The minimum atomic E-state index is -3.40. The minimum Gasteiger partial charge on any atom is -0.384 e. The third-order valence-electron chi connectivity index (χ3n) is 4.03. The summed E-state index contributed by atoms with van der Waals surface area (Å²) in [6, 6.07) is 8.05. The highest BCUT2D eigenvalue weighted by Gasteiger charge is 2.34. The third kappa shape index (κ3) is 4.29. The number of anilines is 2. The highest BCUT2D eigenvalue weighted by atomic mass is 32.2.